The Balaban J connectivity index is 2.23. The zero-order valence-electron chi connectivity index (χ0n) is 16.3. The highest BCUT2D eigenvalue weighted by Crippen LogP contribution is 2.28. The Morgan fingerprint density at radius 1 is 1.08 bits per heavy atom. The molecule has 1 atom stereocenters. The van der Waals surface area contributed by atoms with Crippen LogP contribution in [-0.4, -0.2) is 50.6 Å². The molecule has 4 nitrogen and oxygen atoms in total. The lowest BCUT2D eigenvalue weighted by molar-refractivity contribution is 0.0666. The number of likely N-dealkylation sites (N-methyl/N-ethyl adjacent to an activating group) is 1. The van der Waals surface area contributed by atoms with Gasteiger partial charge in [-0.1, -0.05) is 37.3 Å². The molecule has 0 saturated heterocycles. The number of carbonyl (C=O) groups is 1. The summed E-state index contributed by atoms with van der Waals surface area (Å²) in [5.41, 5.74) is 2.36. The van der Waals surface area contributed by atoms with Gasteiger partial charge >= 0.3 is 0 Å². The molecule has 0 aliphatic heterocycles. The van der Waals surface area contributed by atoms with Crippen molar-refractivity contribution in [3.05, 3.63) is 65.7 Å². The Morgan fingerprint density at radius 3 is 2.27 bits per heavy atom. The molecule has 140 valence electrons. The molecule has 0 aliphatic carbocycles. The van der Waals surface area contributed by atoms with E-state index < -0.39 is 5.54 Å². The Kier molecular flexibility index (Phi) is 7.37. The SMILES string of the molecule is CCC(Cc1ccccc1)(C(=O)c1ccc(NCCOC)cc1)N(C)C. The Bertz CT molecular complexity index is 683. The molecular weight excluding hydrogens is 324 g/mol. The first-order chi connectivity index (χ1) is 12.5. The summed E-state index contributed by atoms with van der Waals surface area (Å²) >= 11 is 0. The van der Waals surface area contributed by atoms with Gasteiger partial charge in [-0.3, -0.25) is 9.69 Å². The average Bonchev–Trinajstić information content (AvgIpc) is 2.67. The third-order valence-corrected chi connectivity index (χ3v) is 4.99. The van der Waals surface area contributed by atoms with Crippen molar-refractivity contribution in [3.8, 4) is 0 Å². The molecular formula is C22H30N2O2. The standard InChI is InChI=1S/C22H30N2O2/c1-5-22(24(2)3,17-18-9-7-6-8-10-18)21(25)19-11-13-20(14-12-19)23-15-16-26-4/h6-14,23H,5,15-17H2,1-4H3. The molecule has 1 unspecified atom stereocenters. The van der Waals surface area contributed by atoms with Gasteiger partial charge in [-0.15, -0.1) is 0 Å². The fourth-order valence-electron chi connectivity index (χ4n) is 3.28. The summed E-state index contributed by atoms with van der Waals surface area (Å²) in [7, 11) is 5.66. The smallest absolute Gasteiger partial charge is 0.183 e. The Morgan fingerprint density at radius 2 is 1.73 bits per heavy atom. The van der Waals surface area contributed by atoms with Crippen LogP contribution in [0.25, 0.3) is 0 Å². The third kappa shape index (κ3) is 4.71. The van der Waals surface area contributed by atoms with Gasteiger partial charge in [0, 0.05) is 24.9 Å². The highest BCUT2D eigenvalue weighted by Gasteiger charge is 2.39. The van der Waals surface area contributed by atoms with Gasteiger partial charge in [0.1, 0.15) is 0 Å². The molecule has 26 heavy (non-hydrogen) atoms. The van der Waals surface area contributed by atoms with E-state index in [0.29, 0.717) is 13.0 Å². The summed E-state index contributed by atoms with van der Waals surface area (Å²) in [6.45, 7) is 3.48. The minimum atomic E-state index is -0.549. The number of methoxy groups -OCH3 is 1. The topological polar surface area (TPSA) is 41.6 Å². The highest BCUT2D eigenvalue weighted by molar-refractivity contribution is 6.03. The van der Waals surface area contributed by atoms with Gasteiger partial charge in [0.15, 0.2) is 5.78 Å². The maximum Gasteiger partial charge on any atom is 0.183 e. The number of benzene rings is 2. The van der Waals surface area contributed by atoms with Gasteiger partial charge < -0.3 is 10.1 Å². The van der Waals surface area contributed by atoms with Crippen LogP contribution in [0.5, 0.6) is 0 Å². The lowest BCUT2D eigenvalue weighted by Gasteiger charge is -2.38. The summed E-state index contributed by atoms with van der Waals surface area (Å²) in [6, 6.07) is 18.0. The second kappa shape index (κ2) is 9.51. The minimum Gasteiger partial charge on any atom is -0.383 e. The summed E-state index contributed by atoms with van der Waals surface area (Å²) < 4.78 is 5.05. The molecule has 2 aromatic rings. The van der Waals surface area contributed by atoms with Crippen LogP contribution in [0.15, 0.2) is 54.6 Å². The molecule has 0 spiro atoms. The van der Waals surface area contributed by atoms with Crippen LogP contribution in [0, 0.1) is 0 Å². The van der Waals surface area contributed by atoms with Gasteiger partial charge in [-0.05, 0) is 56.8 Å². The number of ether oxygens (including phenoxy) is 1. The van der Waals surface area contributed by atoms with E-state index in [1.54, 1.807) is 7.11 Å². The van der Waals surface area contributed by atoms with Gasteiger partial charge in [-0.2, -0.15) is 0 Å². The zero-order valence-corrected chi connectivity index (χ0v) is 16.3. The lowest BCUT2D eigenvalue weighted by Crippen LogP contribution is -2.52. The van der Waals surface area contributed by atoms with Crippen molar-refractivity contribution in [3.63, 3.8) is 0 Å². The van der Waals surface area contributed by atoms with E-state index in [4.69, 9.17) is 4.74 Å². The molecule has 1 N–H and O–H groups in total. The predicted molar refractivity (Wildman–Crippen MR) is 108 cm³/mol. The van der Waals surface area contributed by atoms with Crippen molar-refractivity contribution < 1.29 is 9.53 Å². The van der Waals surface area contributed by atoms with Crippen molar-refractivity contribution in [2.75, 3.05) is 39.7 Å². The first-order valence-electron chi connectivity index (χ1n) is 9.12. The number of nitrogens with one attached hydrogen (secondary N) is 1. The second-order valence-electron chi connectivity index (χ2n) is 6.77. The van der Waals surface area contributed by atoms with Crippen LogP contribution >= 0.6 is 0 Å². The van der Waals surface area contributed by atoms with E-state index in [1.165, 1.54) is 5.56 Å². The molecule has 4 heteroatoms. The first kappa shape index (κ1) is 20.1. The Labute approximate surface area is 157 Å². The number of Topliss-reactive ketones (excluding diaryl/α,β-unsaturated/α-hetero) is 1. The molecule has 0 bridgehead atoms. The monoisotopic (exact) mass is 354 g/mol. The fourth-order valence-corrected chi connectivity index (χ4v) is 3.28. The average molecular weight is 354 g/mol. The highest BCUT2D eigenvalue weighted by atomic mass is 16.5. The zero-order chi connectivity index (χ0) is 19.0. The number of ketones is 1. The third-order valence-electron chi connectivity index (χ3n) is 4.99. The second-order valence-corrected chi connectivity index (χ2v) is 6.77. The van der Waals surface area contributed by atoms with E-state index in [2.05, 4.69) is 29.3 Å². The van der Waals surface area contributed by atoms with Crippen molar-refractivity contribution in [1.82, 2.24) is 4.90 Å². The number of carbonyl (C=O) groups excluding carboxylic acids is 1. The van der Waals surface area contributed by atoms with E-state index in [1.807, 2.05) is 56.6 Å². The number of hydrogen-bond acceptors (Lipinski definition) is 4. The summed E-state index contributed by atoms with van der Waals surface area (Å²) in [6.07, 6.45) is 1.45. The van der Waals surface area contributed by atoms with Gasteiger partial charge in [0.2, 0.25) is 0 Å². The molecule has 0 saturated carbocycles. The molecule has 0 amide bonds. The van der Waals surface area contributed by atoms with Crippen LogP contribution in [0.2, 0.25) is 0 Å². The predicted octanol–water partition coefficient (Wildman–Crippen LogP) is 3.88. The van der Waals surface area contributed by atoms with Gasteiger partial charge in [-0.25, -0.2) is 0 Å². The Hall–Kier alpha value is -2.17. The molecule has 0 aliphatic rings. The number of hydrogen-bond donors (Lipinski definition) is 1. The number of anilines is 1. The van der Waals surface area contributed by atoms with Crippen molar-refractivity contribution in [1.29, 1.82) is 0 Å². The summed E-state index contributed by atoms with van der Waals surface area (Å²) in [5, 5.41) is 3.28. The van der Waals surface area contributed by atoms with Crippen LogP contribution in [0.1, 0.15) is 29.3 Å². The fraction of sp³-hybridized carbons (Fsp3) is 0.409. The van der Waals surface area contributed by atoms with E-state index >= 15 is 0 Å². The quantitative estimate of drug-likeness (QED) is 0.519. The summed E-state index contributed by atoms with van der Waals surface area (Å²) in [4.78, 5) is 15.5. The van der Waals surface area contributed by atoms with Crippen LogP contribution in [0.3, 0.4) is 0 Å². The minimum absolute atomic E-state index is 0.164. The maximum atomic E-state index is 13.4. The molecule has 0 aromatic heterocycles. The van der Waals surface area contributed by atoms with Crippen molar-refractivity contribution >= 4 is 11.5 Å². The molecule has 0 fully saturated rings. The molecule has 0 heterocycles. The largest absolute Gasteiger partial charge is 0.383 e. The normalized spacial score (nSPS) is 13.4. The van der Waals surface area contributed by atoms with Crippen LogP contribution in [-0.2, 0) is 11.2 Å². The van der Waals surface area contributed by atoms with E-state index in [0.717, 1.165) is 24.2 Å². The van der Waals surface area contributed by atoms with Crippen LogP contribution in [0.4, 0.5) is 5.69 Å². The lowest BCUT2D eigenvalue weighted by atomic mass is 9.80. The van der Waals surface area contributed by atoms with Crippen LogP contribution < -0.4 is 5.32 Å². The number of rotatable bonds is 10. The molecule has 0 radical (unpaired) electrons. The molecule has 2 aromatic carbocycles. The number of nitrogens with zero attached hydrogens (tertiary/aromatic N) is 1. The first-order valence-corrected chi connectivity index (χ1v) is 9.12. The van der Waals surface area contributed by atoms with E-state index in [-0.39, 0.29) is 5.78 Å². The van der Waals surface area contributed by atoms with Gasteiger partial charge in [0.05, 0.1) is 12.1 Å². The maximum absolute atomic E-state index is 13.4. The van der Waals surface area contributed by atoms with Gasteiger partial charge in [0.25, 0.3) is 0 Å². The molecule has 2 rings (SSSR count). The van der Waals surface area contributed by atoms with E-state index in [9.17, 15) is 4.79 Å². The van der Waals surface area contributed by atoms with Crippen molar-refractivity contribution in [2.45, 2.75) is 25.3 Å². The van der Waals surface area contributed by atoms with Crippen molar-refractivity contribution in [2.24, 2.45) is 0 Å². The summed E-state index contributed by atoms with van der Waals surface area (Å²) in [5.74, 6) is 0.164.